The fourth-order valence-electron chi connectivity index (χ4n) is 3.54. The number of benzene rings is 1. The molecule has 1 aromatic carbocycles. The zero-order valence-corrected chi connectivity index (χ0v) is 15.0. The van der Waals surface area contributed by atoms with Crippen molar-refractivity contribution in [2.24, 2.45) is 0 Å². The lowest BCUT2D eigenvalue weighted by molar-refractivity contribution is -0.132. The summed E-state index contributed by atoms with van der Waals surface area (Å²) >= 11 is 0. The van der Waals surface area contributed by atoms with Crippen molar-refractivity contribution in [3.05, 3.63) is 30.0 Å². The topological polar surface area (TPSA) is 68.8 Å². The number of hydrogen-bond acceptors (Lipinski definition) is 4. The third kappa shape index (κ3) is 3.80. The standard InChI is InChI=1S/C19H27N3O3/c1-3-15(13-23)21-6-8-22(9-7-21)19(24)10-14-12-20-18-5-4-16(25-2)11-17(14)18/h4-5,11-12,15,20,23H,3,6-10,13H2,1-2H3. The van der Waals surface area contributed by atoms with Crippen LogP contribution in [-0.2, 0) is 11.2 Å². The van der Waals surface area contributed by atoms with Gasteiger partial charge in [-0.05, 0) is 30.2 Å². The van der Waals surface area contributed by atoms with Gasteiger partial charge in [0.1, 0.15) is 5.75 Å². The van der Waals surface area contributed by atoms with Gasteiger partial charge < -0.3 is 19.7 Å². The SMILES string of the molecule is CCC(CO)N1CCN(C(=O)Cc2c[nH]c3ccc(OC)cc23)CC1. The number of aliphatic hydroxyl groups excluding tert-OH is 1. The van der Waals surface area contributed by atoms with Crippen LogP contribution in [0.4, 0.5) is 0 Å². The summed E-state index contributed by atoms with van der Waals surface area (Å²) in [5.74, 6) is 0.949. The average molecular weight is 345 g/mol. The molecule has 0 aliphatic carbocycles. The van der Waals surface area contributed by atoms with Gasteiger partial charge in [0.05, 0.1) is 20.1 Å². The highest BCUT2D eigenvalue weighted by molar-refractivity contribution is 5.89. The molecular formula is C19H27N3O3. The first-order valence-corrected chi connectivity index (χ1v) is 8.93. The molecule has 2 N–H and O–H groups in total. The number of aliphatic hydroxyl groups is 1. The molecule has 136 valence electrons. The van der Waals surface area contributed by atoms with Gasteiger partial charge in [-0.1, -0.05) is 6.92 Å². The number of fused-ring (bicyclic) bond motifs is 1. The molecular weight excluding hydrogens is 318 g/mol. The predicted molar refractivity (Wildman–Crippen MR) is 97.9 cm³/mol. The normalized spacial score (nSPS) is 17.0. The van der Waals surface area contributed by atoms with Crippen molar-refractivity contribution in [3.8, 4) is 5.75 Å². The molecule has 1 saturated heterocycles. The molecule has 1 aromatic heterocycles. The van der Waals surface area contributed by atoms with Crippen LogP contribution in [0, 0.1) is 0 Å². The number of ether oxygens (including phenoxy) is 1. The van der Waals surface area contributed by atoms with Crippen LogP contribution in [0.15, 0.2) is 24.4 Å². The van der Waals surface area contributed by atoms with Crippen molar-refractivity contribution in [1.29, 1.82) is 0 Å². The molecule has 1 atom stereocenters. The molecule has 25 heavy (non-hydrogen) atoms. The minimum absolute atomic E-state index is 0.153. The molecule has 1 amide bonds. The highest BCUT2D eigenvalue weighted by Gasteiger charge is 2.25. The maximum absolute atomic E-state index is 12.7. The summed E-state index contributed by atoms with van der Waals surface area (Å²) in [6, 6.07) is 6.06. The van der Waals surface area contributed by atoms with Gasteiger partial charge in [0.2, 0.25) is 5.91 Å². The van der Waals surface area contributed by atoms with E-state index >= 15 is 0 Å². The number of aromatic nitrogens is 1. The Morgan fingerprint density at radius 2 is 2.08 bits per heavy atom. The number of aromatic amines is 1. The largest absolute Gasteiger partial charge is 0.497 e. The van der Waals surface area contributed by atoms with Crippen molar-refractivity contribution in [3.63, 3.8) is 0 Å². The van der Waals surface area contributed by atoms with E-state index in [1.54, 1.807) is 7.11 Å². The highest BCUT2D eigenvalue weighted by atomic mass is 16.5. The Balaban J connectivity index is 1.63. The van der Waals surface area contributed by atoms with Gasteiger partial charge in [0, 0.05) is 49.3 Å². The lowest BCUT2D eigenvalue weighted by Crippen LogP contribution is -2.53. The summed E-state index contributed by atoms with van der Waals surface area (Å²) in [5, 5.41) is 10.5. The van der Waals surface area contributed by atoms with Gasteiger partial charge in [-0.25, -0.2) is 0 Å². The van der Waals surface area contributed by atoms with Crippen LogP contribution in [0.25, 0.3) is 10.9 Å². The Morgan fingerprint density at radius 3 is 2.72 bits per heavy atom. The molecule has 3 rings (SSSR count). The Morgan fingerprint density at radius 1 is 1.32 bits per heavy atom. The zero-order chi connectivity index (χ0) is 17.8. The summed E-state index contributed by atoms with van der Waals surface area (Å²) in [4.78, 5) is 20.1. The molecule has 6 heteroatoms. The number of methoxy groups -OCH3 is 1. The second kappa shape index (κ2) is 7.89. The monoisotopic (exact) mass is 345 g/mol. The first-order valence-electron chi connectivity index (χ1n) is 8.93. The van der Waals surface area contributed by atoms with E-state index in [4.69, 9.17) is 4.74 Å². The molecule has 0 bridgehead atoms. The number of H-pyrrole nitrogens is 1. The Kier molecular flexibility index (Phi) is 5.60. The number of piperazine rings is 1. The molecule has 1 fully saturated rings. The maximum Gasteiger partial charge on any atom is 0.227 e. The van der Waals surface area contributed by atoms with Crippen LogP contribution in [0.5, 0.6) is 5.75 Å². The highest BCUT2D eigenvalue weighted by Crippen LogP contribution is 2.24. The van der Waals surface area contributed by atoms with E-state index in [0.717, 1.165) is 54.8 Å². The van der Waals surface area contributed by atoms with Crippen molar-refractivity contribution in [1.82, 2.24) is 14.8 Å². The van der Waals surface area contributed by atoms with E-state index in [9.17, 15) is 9.90 Å². The summed E-state index contributed by atoms with van der Waals surface area (Å²) in [6.45, 7) is 5.37. The van der Waals surface area contributed by atoms with E-state index in [2.05, 4.69) is 16.8 Å². The van der Waals surface area contributed by atoms with E-state index in [1.165, 1.54) is 0 Å². The van der Waals surface area contributed by atoms with Crippen LogP contribution >= 0.6 is 0 Å². The minimum Gasteiger partial charge on any atom is -0.497 e. The number of nitrogens with zero attached hydrogens (tertiary/aromatic N) is 2. The number of carbonyl (C=O) groups is 1. The van der Waals surface area contributed by atoms with Crippen LogP contribution < -0.4 is 4.74 Å². The number of nitrogens with one attached hydrogen (secondary N) is 1. The lowest BCUT2D eigenvalue weighted by Gasteiger charge is -2.38. The van der Waals surface area contributed by atoms with E-state index in [1.807, 2.05) is 29.3 Å². The fourth-order valence-corrected chi connectivity index (χ4v) is 3.54. The van der Waals surface area contributed by atoms with Crippen molar-refractivity contribution in [2.75, 3.05) is 39.9 Å². The van der Waals surface area contributed by atoms with Gasteiger partial charge >= 0.3 is 0 Å². The third-order valence-electron chi connectivity index (χ3n) is 5.18. The molecule has 6 nitrogen and oxygen atoms in total. The molecule has 2 heterocycles. The average Bonchev–Trinajstić information content (AvgIpc) is 3.05. The molecule has 0 spiro atoms. The van der Waals surface area contributed by atoms with E-state index in [0.29, 0.717) is 6.42 Å². The lowest BCUT2D eigenvalue weighted by atomic mass is 10.1. The Hall–Kier alpha value is -2.05. The summed E-state index contributed by atoms with van der Waals surface area (Å²) < 4.78 is 5.29. The summed E-state index contributed by atoms with van der Waals surface area (Å²) in [7, 11) is 1.65. The van der Waals surface area contributed by atoms with Crippen LogP contribution in [0.3, 0.4) is 0 Å². The van der Waals surface area contributed by atoms with Gasteiger partial charge in [-0.3, -0.25) is 9.69 Å². The van der Waals surface area contributed by atoms with Gasteiger partial charge in [-0.2, -0.15) is 0 Å². The quantitative estimate of drug-likeness (QED) is 0.835. The van der Waals surface area contributed by atoms with E-state index < -0.39 is 0 Å². The first kappa shape index (κ1) is 17.8. The number of rotatable bonds is 6. The molecule has 0 saturated carbocycles. The van der Waals surface area contributed by atoms with Crippen molar-refractivity contribution in [2.45, 2.75) is 25.8 Å². The smallest absolute Gasteiger partial charge is 0.227 e. The predicted octanol–water partition coefficient (Wildman–Crippen LogP) is 1.63. The minimum atomic E-state index is 0.153. The summed E-state index contributed by atoms with van der Waals surface area (Å²) in [5.41, 5.74) is 2.02. The number of hydrogen-bond donors (Lipinski definition) is 2. The molecule has 0 radical (unpaired) electrons. The Labute approximate surface area is 148 Å². The van der Waals surface area contributed by atoms with E-state index in [-0.39, 0.29) is 18.6 Å². The van der Waals surface area contributed by atoms with Crippen LogP contribution in [0.1, 0.15) is 18.9 Å². The van der Waals surface area contributed by atoms with Crippen LogP contribution in [-0.4, -0.2) is 71.7 Å². The molecule has 1 aliphatic rings. The fraction of sp³-hybridized carbons (Fsp3) is 0.526. The van der Waals surface area contributed by atoms with Crippen molar-refractivity contribution < 1.29 is 14.6 Å². The molecule has 2 aromatic rings. The second-order valence-electron chi connectivity index (χ2n) is 6.56. The van der Waals surface area contributed by atoms with Gasteiger partial charge in [0.15, 0.2) is 0 Å². The Bertz CT molecular complexity index is 716. The molecule has 1 aliphatic heterocycles. The third-order valence-corrected chi connectivity index (χ3v) is 5.18. The first-order chi connectivity index (χ1) is 12.2. The molecule has 1 unspecified atom stereocenters. The maximum atomic E-state index is 12.7. The van der Waals surface area contributed by atoms with Crippen molar-refractivity contribution >= 4 is 16.8 Å². The van der Waals surface area contributed by atoms with Gasteiger partial charge in [-0.15, -0.1) is 0 Å². The van der Waals surface area contributed by atoms with Crippen LogP contribution in [0.2, 0.25) is 0 Å². The number of amides is 1. The number of carbonyl (C=O) groups excluding carboxylic acids is 1. The van der Waals surface area contributed by atoms with Gasteiger partial charge in [0.25, 0.3) is 0 Å². The zero-order valence-electron chi connectivity index (χ0n) is 15.0. The summed E-state index contributed by atoms with van der Waals surface area (Å²) in [6.07, 6.45) is 3.24. The second-order valence-corrected chi connectivity index (χ2v) is 6.56.